The number of rotatable bonds is 1. The number of carbonyl (C=O) groups is 1. The summed E-state index contributed by atoms with van der Waals surface area (Å²) in [5.74, 6) is 0. The molecule has 0 saturated carbocycles. The summed E-state index contributed by atoms with van der Waals surface area (Å²) in [7, 11) is 1.31. The van der Waals surface area contributed by atoms with Gasteiger partial charge in [0.25, 0.3) is 0 Å². The van der Waals surface area contributed by atoms with Gasteiger partial charge in [-0.1, -0.05) is 0 Å². The minimum absolute atomic E-state index is 0. The Morgan fingerprint density at radius 2 is 1.70 bits per heavy atom. The van der Waals surface area contributed by atoms with Gasteiger partial charge in [-0.05, 0) is 6.03 Å². The van der Waals surface area contributed by atoms with Gasteiger partial charge in [0.05, 0.1) is 0 Å². The summed E-state index contributed by atoms with van der Waals surface area (Å²) in [6.45, 7) is 0. The van der Waals surface area contributed by atoms with Crippen molar-refractivity contribution < 1.29 is 185 Å². The molecule has 0 aromatic rings. The zero-order chi connectivity index (χ0) is 5.70. The van der Waals surface area contributed by atoms with Gasteiger partial charge in [-0.25, -0.2) is 0 Å². The molecular formula is C2H4N3O2Rb3. The number of hydrogen-bond acceptors (Lipinski definition) is 2. The van der Waals surface area contributed by atoms with Gasteiger partial charge >= 0.3 is 175 Å². The Labute approximate surface area is 207 Å². The molecule has 0 aromatic heterocycles. The monoisotopic (exact) mass is 357 g/mol. The van der Waals surface area contributed by atoms with Gasteiger partial charge in [-0.3, -0.25) is 0 Å². The Balaban J connectivity index is -0.0000000600. The summed E-state index contributed by atoms with van der Waals surface area (Å²) in [5.41, 5.74) is 8.02. The first kappa shape index (κ1) is 24.0. The van der Waals surface area contributed by atoms with Crippen molar-refractivity contribution >= 4 is 6.03 Å². The van der Waals surface area contributed by atoms with Gasteiger partial charge in [0.1, 0.15) is 0 Å². The van der Waals surface area contributed by atoms with E-state index in [2.05, 4.69) is 16.3 Å². The van der Waals surface area contributed by atoms with E-state index in [-0.39, 0.29) is 175 Å². The Hall–Kier alpha value is 4.61. The van der Waals surface area contributed by atoms with Crippen LogP contribution in [0.5, 0.6) is 0 Å². The number of hydroxylamine groups is 1. The molecule has 5 nitrogen and oxygen atoms in total. The van der Waals surface area contributed by atoms with Crippen LogP contribution in [0.2, 0.25) is 0 Å². The number of hydrogen-bond donors (Lipinski definition) is 1. The van der Waals surface area contributed by atoms with Crippen LogP contribution in [0.25, 0.3) is 16.3 Å². The SMILES string of the molecule is C[N-][N-]C(=O)[N-]O.[Rb+].[Rb+].[Rb+]. The van der Waals surface area contributed by atoms with Crippen LogP contribution in [-0.2, 0) is 0 Å². The largest absolute Gasteiger partial charge is 1.00 e. The maximum atomic E-state index is 9.73. The van der Waals surface area contributed by atoms with Gasteiger partial charge in [0.15, 0.2) is 0 Å². The molecule has 1 N–H and O–H groups in total. The van der Waals surface area contributed by atoms with E-state index in [1.165, 1.54) is 7.05 Å². The molecular weight excluding hydrogens is 354 g/mol. The molecule has 0 saturated heterocycles. The maximum Gasteiger partial charge on any atom is 1.00 e. The summed E-state index contributed by atoms with van der Waals surface area (Å²) in [5, 5.41) is 7.59. The van der Waals surface area contributed by atoms with Crippen LogP contribution < -0.4 is 175 Å². The molecule has 42 valence electrons. The molecule has 0 radical (unpaired) electrons. The Kier molecular flexibility index (Phi) is 46.2. The van der Waals surface area contributed by atoms with E-state index in [9.17, 15) is 4.79 Å². The van der Waals surface area contributed by atoms with E-state index in [0.717, 1.165) is 0 Å². The molecule has 0 atom stereocenters. The first-order valence-electron chi connectivity index (χ1n) is 1.50. The predicted molar refractivity (Wildman–Crippen MR) is 23.2 cm³/mol. The molecule has 2 amide bonds. The zero-order valence-corrected chi connectivity index (χ0v) is 21.4. The van der Waals surface area contributed by atoms with Crippen LogP contribution >= 0.6 is 0 Å². The third kappa shape index (κ3) is 18.4. The van der Waals surface area contributed by atoms with E-state index in [1.807, 2.05) is 0 Å². The fourth-order valence-corrected chi connectivity index (χ4v) is 0.106. The summed E-state index contributed by atoms with van der Waals surface area (Å²) < 4.78 is 0. The molecule has 0 aliphatic carbocycles. The quantitative estimate of drug-likeness (QED) is 0.373. The van der Waals surface area contributed by atoms with E-state index in [4.69, 9.17) is 5.21 Å². The fourth-order valence-electron chi connectivity index (χ4n) is 0.106. The van der Waals surface area contributed by atoms with Crippen molar-refractivity contribution in [2.75, 3.05) is 7.05 Å². The third-order valence-electron chi connectivity index (χ3n) is 0.271. The summed E-state index contributed by atoms with van der Waals surface area (Å²) in [6, 6.07) is -0.984. The standard InChI is InChI=1S/C2H5N3O2.3Rb/c1-3-4-2(6)5-7;;;/h1H3,(H2-,4,5,6,7);;;/q-2;3*+1/p-1. The maximum absolute atomic E-state index is 9.73. The molecule has 0 fully saturated rings. The molecule has 0 aliphatic rings. The van der Waals surface area contributed by atoms with Crippen LogP contribution in [0.15, 0.2) is 0 Å². The molecule has 0 bridgehead atoms. The molecule has 0 spiro atoms. The van der Waals surface area contributed by atoms with Crippen molar-refractivity contribution in [1.82, 2.24) is 0 Å². The molecule has 0 aromatic carbocycles. The number of amides is 2. The average molecular weight is 358 g/mol. The van der Waals surface area contributed by atoms with Crippen molar-refractivity contribution in [1.29, 1.82) is 0 Å². The van der Waals surface area contributed by atoms with Crippen molar-refractivity contribution in [3.63, 3.8) is 0 Å². The average Bonchev–Trinajstić information content (AvgIpc) is 1.68. The first-order chi connectivity index (χ1) is 3.31. The van der Waals surface area contributed by atoms with Gasteiger partial charge in [0, 0.05) is 0 Å². The second kappa shape index (κ2) is 19.2. The topological polar surface area (TPSA) is 79.6 Å². The van der Waals surface area contributed by atoms with Crippen LogP contribution in [0, 0.1) is 0 Å². The predicted octanol–water partition coefficient (Wildman–Crippen LogP) is -7.83. The van der Waals surface area contributed by atoms with E-state index in [0.29, 0.717) is 0 Å². The smallest absolute Gasteiger partial charge is 0.806 e. The summed E-state index contributed by atoms with van der Waals surface area (Å²) in [4.78, 5) is 9.73. The number of carbonyl (C=O) groups excluding carboxylic acids is 1. The Bertz CT molecular complexity index is 72.8. The number of urea groups is 1. The molecule has 0 heterocycles. The second-order valence-corrected chi connectivity index (χ2v) is 0.683. The Morgan fingerprint density at radius 3 is 1.80 bits per heavy atom. The minimum Gasteiger partial charge on any atom is -0.806 e. The minimum atomic E-state index is -0.984. The summed E-state index contributed by atoms with van der Waals surface area (Å²) in [6.07, 6.45) is 0. The number of nitrogens with zero attached hydrogens (tertiary/aromatic N) is 3. The van der Waals surface area contributed by atoms with Crippen molar-refractivity contribution in [2.45, 2.75) is 0 Å². The molecule has 0 rings (SSSR count). The summed E-state index contributed by atoms with van der Waals surface area (Å²) >= 11 is 0. The first-order valence-corrected chi connectivity index (χ1v) is 1.50. The molecule has 10 heavy (non-hydrogen) atoms. The van der Waals surface area contributed by atoms with Crippen molar-refractivity contribution in [3.8, 4) is 0 Å². The van der Waals surface area contributed by atoms with Crippen LogP contribution in [-0.4, -0.2) is 18.3 Å². The Morgan fingerprint density at radius 1 is 1.30 bits per heavy atom. The van der Waals surface area contributed by atoms with Gasteiger partial charge < -0.3 is 26.3 Å². The van der Waals surface area contributed by atoms with Crippen molar-refractivity contribution in [2.24, 2.45) is 0 Å². The van der Waals surface area contributed by atoms with Gasteiger partial charge in [-0.15, -0.1) is 0 Å². The van der Waals surface area contributed by atoms with Crippen molar-refractivity contribution in [3.05, 3.63) is 16.3 Å². The van der Waals surface area contributed by atoms with E-state index in [1.54, 1.807) is 0 Å². The van der Waals surface area contributed by atoms with E-state index < -0.39 is 6.03 Å². The van der Waals surface area contributed by atoms with Gasteiger partial charge in [0.2, 0.25) is 0 Å². The third-order valence-corrected chi connectivity index (χ3v) is 0.271. The molecule has 8 heteroatoms. The van der Waals surface area contributed by atoms with Gasteiger partial charge in [-0.2, -0.15) is 7.05 Å². The molecule has 0 unspecified atom stereocenters. The second-order valence-electron chi connectivity index (χ2n) is 0.683. The van der Waals surface area contributed by atoms with Crippen LogP contribution in [0.4, 0.5) is 4.79 Å². The van der Waals surface area contributed by atoms with E-state index >= 15 is 0 Å². The van der Waals surface area contributed by atoms with Crippen LogP contribution in [0.1, 0.15) is 0 Å². The van der Waals surface area contributed by atoms with Crippen LogP contribution in [0.3, 0.4) is 0 Å². The zero-order valence-electron chi connectivity index (χ0n) is 6.70. The molecule has 0 aliphatic heterocycles. The normalized spacial score (nSPS) is 5.40. The fraction of sp³-hybridized carbons (Fsp3) is 0.500.